The van der Waals surface area contributed by atoms with E-state index in [0.717, 1.165) is 0 Å². The van der Waals surface area contributed by atoms with Crippen LogP contribution in [0.3, 0.4) is 0 Å². The maximum absolute atomic E-state index is 13.4. The first-order valence-corrected chi connectivity index (χ1v) is 7.06. The molecule has 122 valence electrons. The van der Waals surface area contributed by atoms with E-state index in [9.17, 15) is 18.0 Å². The Morgan fingerprint density at radius 1 is 1.35 bits per heavy atom. The number of carboxylic acid groups (broad SMARTS) is 1. The number of hydrogen-bond donors (Lipinski definition) is 2. The molecule has 1 aromatic heterocycles. The van der Waals surface area contributed by atoms with Gasteiger partial charge in [-0.1, -0.05) is 41.9 Å². The Labute approximate surface area is 133 Å². The van der Waals surface area contributed by atoms with Crippen molar-refractivity contribution in [3.05, 3.63) is 46.6 Å². The van der Waals surface area contributed by atoms with Gasteiger partial charge in [0.1, 0.15) is 10.8 Å². The molecule has 2 aromatic rings. The minimum Gasteiger partial charge on any atom is -0.476 e. The molecule has 2 atom stereocenters. The van der Waals surface area contributed by atoms with Gasteiger partial charge in [0, 0.05) is 6.42 Å². The zero-order valence-corrected chi connectivity index (χ0v) is 12.3. The number of aromatic nitrogens is 2. The number of nitrogens with zero attached hydrogens (tertiary/aromatic N) is 2. The lowest BCUT2D eigenvalue weighted by Gasteiger charge is -2.33. The average molecular weight is 346 g/mol. The smallest absolute Gasteiger partial charge is 0.410 e. The number of carboxylic acids is 1. The zero-order valence-electron chi connectivity index (χ0n) is 11.5. The standard InChI is InChI=1S/C14H11ClF3N3O2/c15-10-11(13(22)23)20-21-9(14(16,17)18)6-8(19-12(10)21)7-4-2-1-3-5-7/h1-5,8-9,19H,6H2,(H,22,23)/t8-,9+/m1/s1. The Morgan fingerprint density at radius 3 is 2.57 bits per heavy atom. The molecule has 0 amide bonds. The minimum atomic E-state index is -4.57. The van der Waals surface area contributed by atoms with Gasteiger partial charge >= 0.3 is 12.1 Å². The summed E-state index contributed by atoms with van der Waals surface area (Å²) in [4.78, 5) is 11.1. The second-order valence-electron chi connectivity index (χ2n) is 5.16. The fourth-order valence-electron chi connectivity index (χ4n) is 2.63. The Hall–Kier alpha value is -2.22. The molecular weight excluding hydrogens is 335 g/mol. The molecular formula is C14H11ClF3N3O2. The van der Waals surface area contributed by atoms with Gasteiger partial charge in [-0.25, -0.2) is 9.48 Å². The van der Waals surface area contributed by atoms with Crippen molar-refractivity contribution in [2.45, 2.75) is 24.7 Å². The summed E-state index contributed by atoms with van der Waals surface area (Å²) in [6.45, 7) is 0. The number of fused-ring (bicyclic) bond motifs is 1. The van der Waals surface area contributed by atoms with Crippen LogP contribution < -0.4 is 5.32 Å². The third kappa shape index (κ3) is 2.74. The quantitative estimate of drug-likeness (QED) is 0.866. The van der Waals surface area contributed by atoms with Crippen molar-refractivity contribution in [3.63, 3.8) is 0 Å². The number of halogens is 4. The first-order chi connectivity index (χ1) is 10.8. The number of alkyl halides is 3. The van der Waals surface area contributed by atoms with Crippen molar-refractivity contribution in [1.82, 2.24) is 9.78 Å². The maximum atomic E-state index is 13.4. The molecule has 0 bridgehead atoms. The molecule has 0 spiro atoms. The second kappa shape index (κ2) is 5.45. The predicted molar refractivity (Wildman–Crippen MR) is 76.7 cm³/mol. The summed E-state index contributed by atoms with van der Waals surface area (Å²) in [5, 5.41) is 15.1. The van der Waals surface area contributed by atoms with Crippen LogP contribution in [-0.2, 0) is 0 Å². The van der Waals surface area contributed by atoms with E-state index in [0.29, 0.717) is 10.2 Å². The van der Waals surface area contributed by atoms with Gasteiger partial charge in [-0.2, -0.15) is 18.3 Å². The lowest BCUT2D eigenvalue weighted by atomic mass is 9.97. The fraction of sp³-hybridized carbons (Fsp3) is 0.286. The van der Waals surface area contributed by atoms with Gasteiger partial charge in [0.25, 0.3) is 0 Å². The van der Waals surface area contributed by atoms with Gasteiger partial charge in [-0.3, -0.25) is 0 Å². The van der Waals surface area contributed by atoms with E-state index in [4.69, 9.17) is 16.7 Å². The van der Waals surface area contributed by atoms with Crippen molar-refractivity contribution in [2.75, 3.05) is 5.32 Å². The van der Waals surface area contributed by atoms with Gasteiger partial charge in [-0.15, -0.1) is 0 Å². The van der Waals surface area contributed by atoms with Crippen molar-refractivity contribution in [1.29, 1.82) is 0 Å². The van der Waals surface area contributed by atoms with Crippen LogP contribution in [0, 0.1) is 0 Å². The summed E-state index contributed by atoms with van der Waals surface area (Å²) in [6.07, 6.45) is -4.88. The molecule has 3 rings (SSSR count). The first-order valence-electron chi connectivity index (χ1n) is 6.68. The maximum Gasteiger partial charge on any atom is 0.410 e. The molecule has 0 fully saturated rings. The number of rotatable bonds is 2. The van der Waals surface area contributed by atoms with E-state index in [1.165, 1.54) is 0 Å². The Morgan fingerprint density at radius 2 is 2.00 bits per heavy atom. The molecule has 9 heteroatoms. The van der Waals surface area contributed by atoms with E-state index >= 15 is 0 Å². The number of hydrogen-bond acceptors (Lipinski definition) is 3. The molecule has 2 heterocycles. The molecule has 0 aliphatic carbocycles. The normalized spacial score (nSPS) is 20.7. The van der Waals surface area contributed by atoms with Crippen molar-refractivity contribution < 1.29 is 23.1 Å². The highest BCUT2D eigenvalue weighted by Gasteiger charge is 2.47. The van der Waals surface area contributed by atoms with Crippen LogP contribution in [0.5, 0.6) is 0 Å². The molecule has 1 aliphatic rings. The van der Waals surface area contributed by atoms with Crippen LogP contribution in [0.1, 0.15) is 34.6 Å². The summed E-state index contributed by atoms with van der Waals surface area (Å²) < 4.78 is 40.7. The monoisotopic (exact) mass is 345 g/mol. The van der Waals surface area contributed by atoms with E-state index < -0.39 is 29.9 Å². The van der Waals surface area contributed by atoms with Crippen molar-refractivity contribution in [3.8, 4) is 0 Å². The number of anilines is 1. The molecule has 0 radical (unpaired) electrons. The van der Waals surface area contributed by atoms with Crippen molar-refractivity contribution in [2.24, 2.45) is 0 Å². The molecule has 1 aliphatic heterocycles. The fourth-order valence-corrected chi connectivity index (χ4v) is 2.89. The number of benzene rings is 1. The third-order valence-electron chi connectivity index (χ3n) is 3.70. The van der Waals surface area contributed by atoms with E-state index in [1.807, 2.05) is 0 Å². The zero-order chi connectivity index (χ0) is 16.8. The SMILES string of the molecule is O=C(O)c1nn2c(c1Cl)N[C@@H](c1ccccc1)C[C@H]2C(F)(F)F. The summed E-state index contributed by atoms with van der Waals surface area (Å²) in [5.74, 6) is -1.61. The van der Waals surface area contributed by atoms with Gasteiger partial charge in [0.15, 0.2) is 11.7 Å². The molecule has 0 unspecified atom stereocenters. The Kier molecular flexibility index (Phi) is 3.71. The van der Waals surface area contributed by atoms with E-state index in [1.54, 1.807) is 30.3 Å². The van der Waals surface area contributed by atoms with Crippen LogP contribution in [0.4, 0.5) is 19.0 Å². The first kappa shape index (κ1) is 15.7. The highest BCUT2D eigenvalue weighted by Crippen LogP contribution is 2.46. The third-order valence-corrected chi connectivity index (χ3v) is 4.06. The Bertz CT molecular complexity index is 746. The molecule has 2 N–H and O–H groups in total. The summed E-state index contributed by atoms with van der Waals surface area (Å²) in [7, 11) is 0. The second-order valence-corrected chi connectivity index (χ2v) is 5.54. The molecule has 0 saturated heterocycles. The molecule has 5 nitrogen and oxygen atoms in total. The summed E-state index contributed by atoms with van der Waals surface area (Å²) in [5.41, 5.74) is 0.0549. The number of nitrogens with one attached hydrogen (secondary N) is 1. The van der Waals surface area contributed by atoms with Gasteiger partial charge < -0.3 is 10.4 Å². The largest absolute Gasteiger partial charge is 0.476 e. The highest BCUT2D eigenvalue weighted by molar-refractivity contribution is 6.35. The van der Waals surface area contributed by atoms with Gasteiger partial charge in [0.05, 0.1) is 6.04 Å². The Balaban J connectivity index is 2.10. The molecule has 0 saturated carbocycles. The molecule has 1 aromatic carbocycles. The summed E-state index contributed by atoms with van der Waals surface area (Å²) >= 11 is 5.91. The lowest BCUT2D eigenvalue weighted by Crippen LogP contribution is -2.35. The van der Waals surface area contributed by atoms with Crippen LogP contribution in [0.2, 0.25) is 5.02 Å². The predicted octanol–water partition coefficient (Wildman–Crippen LogP) is 3.90. The van der Waals surface area contributed by atoms with Crippen LogP contribution in [0.25, 0.3) is 0 Å². The van der Waals surface area contributed by atoms with Gasteiger partial charge in [-0.05, 0) is 5.56 Å². The molecule has 23 heavy (non-hydrogen) atoms. The average Bonchev–Trinajstić information content (AvgIpc) is 2.84. The van der Waals surface area contributed by atoms with E-state index in [2.05, 4.69) is 10.4 Å². The highest BCUT2D eigenvalue weighted by atomic mass is 35.5. The number of aromatic carboxylic acids is 1. The summed E-state index contributed by atoms with van der Waals surface area (Å²) in [6, 6.07) is 5.99. The lowest BCUT2D eigenvalue weighted by molar-refractivity contribution is -0.173. The van der Waals surface area contributed by atoms with Gasteiger partial charge in [0.2, 0.25) is 0 Å². The van der Waals surface area contributed by atoms with Crippen molar-refractivity contribution >= 4 is 23.4 Å². The van der Waals surface area contributed by atoms with E-state index in [-0.39, 0.29) is 17.3 Å². The van der Waals surface area contributed by atoms with Crippen LogP contribution >= 0.6 is 11.6 Å². The van der Waals surface area contributed by atoms with Crippen LogP contribution in [0.15, 0.2) is 30.3 Å². The minimum absolute atomic E-state index is 0.133. The van der Waals surface area contributed by atoms with Crippen LogP contribution in [-0.4, -0.2) is 27.0 Å². The topological polar surface area (TPSA) is 67.1 Å². The number of carbonyl (C=O) groups is 1.